The number of benzene rings is 2. The molecular formula is C26H30ClNO5. The van der Waals surface area contributed by atoms with Crippen molar-refractivity contribution in [1.82, 2.24) is 4.90 Å². The van der Waals surface area contributed by atoms with E-state index in [9.17, 15) is 9.90 Å². The molecule has 0 aliphatic carbocycles. The molecule has 1 N–H and O–H groups in total. The molecule has 176 valence electrons. The standard InChI is InChI=1S/C26H30ClNO5/c1-16-5-4-8-28(12-16)13-19(29)14-31-20-6-7-22-23(11-20)32-15-24(26(22)30)33-21-9-17(2)25(27)18(3)10-21/h6-7,9-11,15-16,19,29H,4-5,8,12-14H2,1-3H3/t16-,19-/m0/s1. The van der Waals surface area contributed by atoms with Crippen molar-refractivity contribution in [2.24, 2.45) is 5.92 Å². The van der Waals surface area contributed by atoms with Crippen molar-refractivity contribution in [3.05, 3.63) is 63.0 Å². The first-order chi connectivity index (χ1) is 15.8. The second-order valence-electron chi connectivity index (χ2n) is 9.03. The Morgan fingerprint density at radius 2 is 1.97 bits per heavy atom. The summed E-state index contributed by atoms with van der Waals surface area (Å²) in [7, 11) is 0. The molecule has 0 bridgehead atoms. The smallest absolute Gasteiger partial charge is 0.235 e. The first-order valence-electron chi connectivity index (χ1n) is 11.3. The quantitative estimate of drug-likeness (QED) is 0.502. The van der Waals surface area contributed by atoms with Crippen molar-refractivity contribution >= 4 is 22.6 Å². The first kappa shape index (κ1) is 23.6. The van der Waals surface area contributed by atoms with Crippen LogP contribution in [0.5, 0.6) is 17.2 Å². The van der Waals surface area contributed by atoms with Gasteiger partial charge < -0.3 is 23.9 Å². The lowest BCUT2D eigenvalue weighted by Crippen LogP contribution is -2.41. The van der Waals surface area contributed by atoms with Crippen LogP contribution in [0.25, 0.3) is 11.0 Å². The molecule has 7 heteroatoms. The summed E-state index contributed by atoms with van der Waals surface area (Å²) in [5.41, 5.74) is 1.87. The molecule has 2 heterocycles. The minimum absolute atomic E-state index is 0.100. The summed E-state index contributed by atoms with van der Waals surface area (Å²) in [6, 6.07) is 8.58. The number of β-amino-alcohol motifs (C(OH)–C–C–N with tert-alkyl or cyclic N) is 1. The number of hydrogen-bond donors (Lipinski definition) is 1. The van der Waals surface area contributed by atoms with E-state index >= 15 is 0 Å². The molecule has 1 fully saturated rings. The molecule has 1 aliphatic rings. The van der Waals surface area contributed by atoms with Gasteiger partial charge in [-0.3, -0.25) is 4.79 Å². The van der Waals surface area contributed by atoms with Crippen LogP contribution in [0.15, 0.2) is 45.8 Å². The predicted molar refractivity (Wildman–Crippen MR) is 130 cm³/mol. The zero-order chi connectivity index (χ0) is 23.5. The fourth-order valence-electron chi connectivity index (χ4n) is 4.34. The summed E-state index contributed by atoms with van der Waals surface area (Å²) in [6.45, 7) is 8.81. The van der Waals surface area contributed by atoms with Crippen LogP contribution in [-0.4, -0.2) is 42.4 Å². The summed E-state index contributed by atoms with van der Waals surface area (Å²) in [6.07, 6.45) is 3.14. The molecule has 2 aromatic carbocycles. The van der Waals surface area contributed by atoms with Crippen LogP contribution in [0.2, 0.25) is 5.02 Å². The number of ether oxygens (including phenoxy) is 2. The van der Waals surface area contributed by atoms with E-state index in [-0.39, 0.29) is 17.8 Å². The molecule has 0 amide bonds. The van der Waals surface area contributed by atoms with Gasteiger partial charge in [-0.1, -0.05) is 18.5 Å². The lowest BCUT2D eigenvalue weighted by atomic mass is 10.0. The summed E-state index contributed by atoms with van der Waals surface area (Å²) in [5.74, 6) is 1.83. The third-order valence-corrected chi connectivity index (χ3v) is 6.60. The normalized spacial score (nSPS) is 17.8. The molecular weight excluding hydrogens is 442 g/mol. The van der Waals surface area contributed by atoms with Gasteiger partial charge in [0, 0.05) is 24.2 Å². The lowest BCUT2D eigenvalue weighted by Gasteiger charge is -2.32. The minimum Gasteiger partial charge on any atom is -0.491 e. The molecule has 1 aliphatic heterocycles. The first-order valence-corrected chi connectivity index (χ1v) is 11.7. The number of aliphatic hydroxyl groups excluding tert-OH is 1. The lowest BCUT2D eigenvalue weighted by molar-refractivity contribution is 0.0537. The van der Waals surface area contributed by atoms with Crippen molar-refractivity contribution in [1.29, 1.82) is 0 Å². The molecule has 6 nitrogen and oxygen atoms in total. The van der Waals surface area contributed by atoms with Gasteiger partial charge in [0.2, 0.25) is 11.2 Å². The molecule has 0 spiro atoms. The largest absolute Gasteiger partial charge is 0.491 e. The van der Waals surface area contributed by atoms with Gasteiger partial charge in [0.1, 0.15) is 36.1 Å². The fourth-order valence-corrected chi connectivity index (χ4v) is 4.45. The highest BCUT2D eigenvalue weighted by atomic mass is 35.5. The van der Waals surface area contributed by atoms with Crippen molar-refractivity contribution in [3.63, 3.8) is 0 Å². The molecule has 0 radical (unpaired) electrons. The Morgan fingerprint density at radius 1 is 1.21 bits per heavy atom. The monoisotopic (exact) mass is 471 g/mol. The molecule has 4 rings (SSSR count). The minimum atomic E-state index is -0.583. The number of piperidine rings is 1. The van der Waals surface area contributed by atoms with Crippen LogP contribution < -0.4 is 14.9 Å². The summed E-state index contributed by atoms with van der Waals surface area (Å²) in [5, 5.41) is 11.4. The van der Waals surface area contributed by atoms with Crippen LogP contribution in [0, 0.1) is 19.8 Å². The van der Waals surface area contributed by atoms with Gasteiger partial charge in [0.25, 0.3) is 0 Å². The number of rotatable bonds is 7. The molecule has 0 saturated carbocycles. The second kappa shape index (κ2) is 10.2. The Morgan fingerprint density at radius 3 is 2.70 bits per heavy atom. The zero-order valence-electron chi connectivity index (χ0n) is 19.3. The second-order valence-corrected chi connectivity index (χ2v) is 9.41. The number of likely N-dealkylation sites (tertiary alicyclic amines) is 1. The number of aliphatic hydroxyl groups is 1. The Balaban J connectivity index is 1.43. The maximum atomic E-state index is 12.9. The Bertz CT molecular complexity index is 1170. The average Bonchev–Trinajstić information content (AvgIpc) is 2.78. The van der Waals surface area contributed by atoms with Crippen LogP contribution >= 0.6 is 11.6 Å². The SMILES string of the molecule is Cc1cc(Oc2coc3cc(OC[C@@H](O)CN4CCC[C@H](C)C4)ccc3c2=O)cc(C)c1Cl. The summed E-state index contributed by atoms with van der Waals surface area (Å²) < 4.78 is 17.2. The fraction of sp³-hybridized carbons (Fsp3) is 0.423. The van der Waals surface area contributed by atoms with Crippen molar-refractivity contribution < 1.29 is 19.0 Å². The van der Waals surface area contributed by atoms with E-state index in [2.05, 4.69) is 11.8 Å². The van der Waals surface area contributed by atoms with Crippen molar-refractivity contribution in [2.75, 3.05) is 26.2 Å². The van der Waals surface area contributed by atoms with Gasteiger partial charge in [-0.05, 0) is 74.5 Å². The van der Waals surface area contributed by atoms with Crippen LogP contribution in [0.3, 0.4) is 0 Å². The number of halogens is 1. The maximum Gasteiger partial charge on any atom is 0.235 e. The van der Waals surface area contributed by atoms with Gasteiger partial charge in [-0.25, -0.2) is 0 Å². The van der Waals surface area contributed by atoms with Crippen LogP contribution in [-0.2, 0) is 0 Å². The summed E-state index contributed by atoms with van der Waals surface area (Å²) in [4.78, 5) is 15.2. The van der Waals surface area contributed by atoms with E-state index in [4.69, 9.17) is 25.5 Å². The molecule has 1 saturated heterocycles. The predicted octanol–water partition coefficient (Wildman–Crippen LogP) is 5.33. The third-order valence-electron chi connectivity index (χ3n) is 6.00. The van der Waals surface area contributed by atoms with Crippen LogP contribution in [0.1, 0.15) is 30.9 Å². The van der Waals surface area contributed by atoms with Gasteiger partial charge in [0.15, 0.2) is 0 Å². The van der Waals surface area contributed by atoms with Crippen LogP contribution in [0.4, 0.5) is 0 Å². The van der Waals surface area contributed by atoms with E-state index in [1.54, 1.807) is 30.3 Å². The highest BCUT2D eigenvalue weighted by Crippen LogP contribution is 2.29. The van der Waals surface area contributed by atoms with Gasteiger partial charge in [-0.2, -0.15) is 0 Å². The van der Waals surface area contributed by atoms with E-state index < -0.39 is 6.10 Å². The van der Waals surface area contributed by atoms with Gasteiger partial charge in [-0.15, -0.1) is 0 Å². The topological polar surface area (TPSA) is 72.1 Å². The van der Waals surface area contributed by atoms with E-state index in [1.165, 1.54) is 19.1 Å². The Labute approximate surface area is 198 Å². The molecule has 1 aromatic heterocycles. The van der Waals surface area contributed by atoms with Gasteiger partial charge >= 0.3 is 0 Å². The third kappa shape index (κ3) is 5.69. The Kier molecular flexibility index (Phi) is 7.27. The molecule has 2 atom stereocenters. The highest BCUT2D eigenvalue weighted by molar-refractivity contribution is 6.32. The highest BCUT2D eigenvalue weighted by Gasteiger charge is 2.19. The molecule has 3 aromatic rings. The molecule has 0 unspecified atom stereocenters. The maximum absolute atomic E-state index is 12.9. The van der Waals surface area contributed by atoms with Crippen molar-refractivity contribution in [2.45, 2.75) is 39.7 Å². The van der Waals surface area contributed by atoms with E-state index in [0.29, 0.717) is 40.0 Å². The number of aryl methyl sites for hydroxylation is 2. The number of nitrogens with zero attached hydrogens (tertiary/aromatic N) is 1. The number of hydrogen-bond acceptors (Lipinski definition) is 6. The van der Waals surface area contributed by atoms with E-state index in [1.807, 2.05) is 13.8 Å². The zero-order valence-corrected chi connectivity index (χ0v) is 20.0. The van der Waals surface area contributed by atoms with Gasteiger partial charge in [0.05, 0.1) is 5.39 Å². The average molecular weight is 472 g/mol. The summed E-state index contributed by atoms with van der Waals surface area (Å²) >= 11 is 6.21. The van der Waals surface area contributed by atoms with E-state index in [0.717, 1.165) is 24.2 Å². The Hall–Kier alpha value is -2.54. The van der Waals surface area contributed by atoms with Crippen molar-refractivity contribution in [3.8, 4) is 17.2 Å². The number of fused-ring (bicyclic) bond motifs is 1. The molecule has 33 heavy (non-hydrogen) atoms.